The molecule has 0 saturated heterocycles. The molecule has 0 aliphatic rings. The van der Waals surface area contributed by atoms with Gasteiger partial charge in [-0.2, -0.15) is 12.6 Å². The Morgan fingerprint density at radius 1 is 1.53 bits per heavy atom. The molecular formula is C12H16N4O2S. The summed E-state index contributed by atoms with van der Waals surface area (Å²) in [5.74, 6) is 0.473. The van der Waals surface area contributed by atoms with E-state index in [2.05, 4.69) is 28.0 Å². The van der Waals surface area contributed by atoms with Crippen molar-refractivity contribution in [2.75, 3.05) is 5.75 Å². The number of nitrogens with one attached hydrogen (secondary N) is 2. The Balaban J connectivity index is 2.32. The maximum Gasteiger partial charge on any atom is 0.266 e. The summed E-state index contributed by atoms with van der Waals surface area (Å²) in [4.78, 5) is 27.1. The fraction of sp³-hybridized carbons (Fsp3) is 0.417. The fourth-order valence-corrected chi connectivity index (χ4v) is 2.19. The molecule has 0 fully saturated rings. The number of carbonyl (C=O) groups is 1. The second-order valence-corrected chi connectivity index (χ2v) is 4.77. The van der Waals surface area contributed by atoms with Gasteiger partial charge in [-0.1, -0.05) is 0 Å². The number of hydrogen-bond donors (Lipinski definition) is 3. The third kappa shape index (κ3) is 2.81. The van der Waals surface area contributed by atoms with Gasteiger partial charge < -0.3 is 5.32 Å². The highest BCUT2D eigenvalue weighted by molar-refractivity contribution is 7.80. The highest BCUT2D eigenvalue weighted by atomic mass is 32.1. The molecule has 0 bridgehead atoms. The Morgan fingerprint density at radius 2 is 2.26 bits per heavy atom. The van der Waals surface area contributed by atoms with Gasteiger partial charge in [0.05, 0.1) is 0 Å². The summed E-state index contributed by atoms with van der Waals surface area (Å²) in [5, 5.41) is 5.50. The summed E-state index contributed by atoms with van der Waals surface area (Å²) in [6, 6.07) is 1.45. The Kier molecular flexibility index (Phi) is 3.94. The van der Waals surface area contributed by atoms with E-state index in [1.54, 1.807) is 4.52 Å². The van der Waals surface area contributed by atoms with Crippen LogP contribution in [0.25, 0.3) is 5.65 Å². The van der Waals surface area contributed by atoms with Crippen LogP contribution in [0.4, 0.5) is 0 Å². The number of aromatic nitrogens is 3. The number of fused-ring (bicyclic) bond motifs is 1. The molecule has 0 radical (unpaired) electrons. The molecule has 0 saturated carbocycles. The molecule has 0 aliphatic heterocycles. The molecule has 1 amide bonds. The zero-order valence-electron chi connectivity index (χ0n) is 10.9. The van der Waals surface area contributed by atoms with Gasteiger partial charge in [0.1, 0.15) is 0 Å². The van der Waals surface area contributed by atoms with Crippen molar-refractivity contribution in [3.8, 4) is 0 Å². The number of thiol groups is 1. The van der Waals surface area contributed by atoms with Crippen LogP contribution < -0.4 is 10.9 Å². The van der Waals surface area contributed by atoms with Gasteiger partial charge in [-0.05, 0) is 19.6 Å². The Morgan fingerprint density at radius 3 is 2.95 bits per heavy atom. The summed E-state index contributed by atoms with van der Waals surface area (Å²) in [6.07, 6.45) is 0.386. The number of rotatable bonds is 4. The van der Waals surface area contributed by atoms with E-state index in [0.717, 1.165) is 17.0 Å². The van der Waals surface area contributed by atoms with Gasteiger partial charge >= 0.3 is 0 Å². The van der Waals surface area contributed by atoms with E-state index in [9.17, 15) is 9.59 Å². The molecule has 2 rings (SSSR count). The number of hydrogen-bond acceptors (Lipinski definition) is 4. The Hall–Kier alpha value is -1.76. The number of amides is 1. The smallest absolute Gasteiger partial charge is 0.266 e. The molecule has 2 aromatic rings. The number of carbonyl (C=O) groups excluding carboxylic acids is 1. The summed E-state index contributed by atoms with van der Waals surface area (Å²) in [6.45, 7) is 4.15. The quantitative estimate of drug-likeness (QED) is 0.717. The number of H-pyrrole nitrogens is 1. The van der Waals surface area contributed by atoms with Gasteiger partial charge in [0.15, 0.2) is 5.65 Å². The second kappa shape index (κ2) is 5.48. The summed E-state index contributed by atoms with van der Waals surface area (Å²) >= 11 is 4.01. The van der Waals surface area contributed by atoms with Crippen molar-refractivity contribution in [1.82, 2.24) is 19.9 Å². The van der Waals surface area contributed by atoms with Crippen molar-refractivity contribution in [3.05, 3.63) is 33.4 Å². The monoisotopic (exact) mass is 280 g/mol. The minimum absolute atomic E-state index is 0.0464. The third-order valence-corrected chi connectivity index (χ3v) is 3.23. The van der Waals surface area contributed by atoms with Crippen molar-refractivity contribution in [1.29, 1.82) is 0 Å². The van der Waals surface area contributed by atoms with E-state index in [4.69, 9.17) is 0 Å². The highest BCUT2D eigenvalue weighted by Crippen LogP contribution is 2.12. The van der Waals surface area contributed by atoms with Crippen LogP contribution in [0.5, 0.6) is 0 Å². The van der Waals surface area contributed by atoms with Gasteiger partial charge in [-0.15, -0.1) is 0 Å². The van der Waals surface area contributed by atoms with E-state index in [0.29, 0.717) is 24.4 Å². The number of aromatic amines is 1. The maximum atomic E-state index is 11.5. The van der Waals surface area contributed by atoms with E-state index in [-0.39, 0.29) is 11.5 Å². The average Bonchev–Trinajstić information content (AvgIpc) is 2.70. The van der Waals surface area contributed by atoms with E-state index < -0.39 is 0 Å². The third-order valence-electron chi connectivity index (χ3n) is 3.00. The summed E-state index contributed by atoms with van der Waals surface area (Å²) in [5.41, 5.74) is 2.99. The molecule has 7 heteroatoms. The zero-order chi connectivity index (χ0) is 14.0. The fourth-order valence-electron chi connectivity index (χ4n) is 1.99. The van der Waals surface area contributed by atoms with Crippen LogP contribution in [0.3, 0.4) is 0 Å². The van der Waals surface area contributed by atoms with Crippen molar-refractivity contribution >= 4 is 24.2 Å². The predicted octanol–water partition coefficient (Wildman–Crippen LogP) is 0.576. The molecule has 0 spiro atoms. The lowest BCUT2D eigenvalue weighted by atomic mass is 10.1. The molecule has 19 heavy (non-hydrogen) atoms. The summed E-state index contributed by atoms with van der Waals surface area (Å²) in [7, 11) is 0. The van der Waals surface area contributed by atoms with Crippen LogP contribution in [0.15, 0.2) is 10.9 Å². The first-order chi connectivity index (χ1) is 9.02. The van der Waals surface area contributed by atoms with Crippen LogP contribution in [-0.4, -0.2) is 26.3 Å². The van der Waals surface area contributed by atoms with Gasteiger partial charge in [0.2, 0.25) is 5.91 Å². The molecule has 2 N–H and O–H groups in total. The Labute approximate surface area is 115 Å². The molecule has 2 heterocycles. The number of nitrogens with zero attached hydrogens (tertiary/aromatic N) is 2. The molecule has 0 unspecified atom stereocenters. The van der Waals surface area contributed by atoms with Crippen molar-refractivity contribution in [2.45, 2.75) is 26.8 Å². The Bertz CT molecular complexity index is 674. The SMILES string of the molecule is Cc1nc2cc(=O)[nH]n2c(C)c1CNC(=O)CCS. The lowest BCUT2D eigenvalue weighted by molar-refractivity contribution is -0.120. The van der Waals surface area contributed by atoms with Crippen LogP contribution >= 0.6 is 12.6 Å². The first-order valence-corrected chi connectivity index (χ1v) is 6.61. The predicted molar refractivity (Wildman–Crippen MR) is 75.6 cm³/mol. The molecule has 0 atom stereocenters. The second-order valence-electron chi connectivity index (χ2n) is 4.33. The molecule has 6 nitrogen and oxygen atoms in total. The molecule has 102 valence electrons. The zero-order valence-corrected chi connectivity index (χ0v) is 11.8. The first kappa shape index (κ1) is 13.7. The van der Waals surface area contributed by atoms with Crippen molar-refractivity contribution in [2.24, 2.45) is 0 Å². The average molecular weight is 280 g/mol. The first-order valence-electron chi connectivity index (χ1n) is 5.98. The van der Waals surface area contributed by atoms with E-state index in [1.165, 1.54) is 6.07 Å². The minimum atomic E-state index is -0.189. The standard InChI is InChI=1S/C12H16N4O2S/c1-7-9(6-13-11(17)3-4-19)8(2)16-10(14-7)5-12(18)15-16/h5,19H,3-4,6H2,1-2H3,(H,13,17)(H,15,18). The van der Waals surface area contributed by atoms with Crippen molar-refractivity contribution < 1.29 is 4.79 Å². The molecule has 0 aromatic carbocycles. The molecule has 2 aromatic heterocycles. The van der Waals surface area contributed by atoms with Gasteiger partial charge in [0, 0.05) is 36.0 Å². The maximum absolute atomic E-state index is 11.5. The van der Waals surface area contributed by atoms with Crippen LogP contribution in [-0.2, 0) is 11.3 Å². The molecular weight excluding hydrogens is 264 g/mol. The topological polar surface area (TPSA) is 79.3 Å². The van der Waals surface area contributed by atoms with Crippen LogP contribution in [0.1, 0.15) is 23.4 Å². The minimum Gasteiger partial charge on any atom is -0.352 e. The van der Waals surface area contributed by atoms with E-state index >= 15 is 0 Å². The van der Waals surface area contributed by atoms with Gasteiger partial charge in [-0.3, -0.25) is 14.7 Å². The largest absolute Gasteiger partial charge is 0.352 e. The van der Waals surface area contributed by atoms with Gasteiger partial charge in [0.25, 0.3) is 5.56 Å². The van der Waals surface area contributed by atoms with Gasteiger partial charge in [-0.25, -0.2) is 9.50 Å². The lowest BCUT2D eigenvalue weighted by Gasteiger charge is -2.12. The van der Waals surface area contributed by atoms with Crippen molar-refractivity contribution in [3.63, 3.8) is 0 Å². The van der Waals surface area contributed by atoms with Crippen LogP contribution in [0, 0.1) is 13.8 Å². The lowest BCUT2D eigenvalue weighted by Crippen LogP contribution is -2.24. The van der Waals surface area contributed by atoms with Crippen LogP contribution in [0.2, 0.25) is 0 Å². The molecule has 0 aliphatic carbocycles. The number of aryl methyl sites for hydroxylation is 2. The summed E-state index contributed by atoms with van der Waals surface area (Å²) < 4.78 is 1.63. The normalized spacial score (nSPS) is 10.9. The van der Waals surface area contributed by atoms with E-state index in [1.807, 2.05) is 13.8 Å². The highest BCUT2D eigenvalue weighted by Gasteiger charge is 2.11.